The molecule has 130 valence electrons. The minimum Gasteiger partial charge on any atom is -0.368 e. The number of amides is 1. The minimum atomic E-state index is 0.339. The molecule has 2 aliphatic rings. The predicted molar refractivity (Wildman–Crippen MR) is 100 cm³/mol. The van der Waals surface area contributed by atoms with Crippen molar-refractivity contribution in [1.82, 2.24) is 4.90 Å². The lowest BCUT2D eigenvalue weighted by Gasteiger charge is -2.39. The first-order valence-electron chi connectivity index (χ1n) is 9.34. The van der Waals surface area contributed by atoms with Crippen molar-refractivity contribution < 1.29 is 4.79 Å². The maximum Gasteiger partial charge on any atom is 0.225 e. The summed E-state index contributed by atoms with van der Waals surface area (Å²) >= 11 is 0. The molecule has 1 saturated heterocycles. The lowest BCUT2D eigenvalue weighted by Crippen LogP contribution is -2.51. The van der Waals surface area contributed by atoms with Crippen LogP contribution >= 0.6 is 0 Å². The third-order valence-corrected chi connectivity index (χ3v) is 4.44. The standard InChI is InChI=1S/C16H22N2O.2C2H6/c1-13-5-7-15(8-6-13)17-9-11-18(12-10-17)16(19)14-3-2-4-14;2*1-2/h5-8,14H,2-4,9-12H2,1H3;2*1-2H3. The summed E-state index contributed by atoms with van der Waals surface area (Å²) in [5.41, 5.74) is 2.57. The summed E-state index contributed by atoms with van der Waals surface area (Å²) in [5, 5.41) is 0. The molecule has 1 heterocycles. The van der Waals surface area contributed by atoms with Crippen LogP contribution in [0.1, 0.15) is 52.5 Å². The van der Waals surface area contributed by atoms with E-state index in [-0.39, 0.29) is 0 Å². The van der Waals surface area contributed by atoms with Crippen LogP contribution in [0.15, 0.2) is 24.3 Å². The molecule has 1 aliphatic heterocycles. The number of anilines is 1. The molecular formula is C20H34N2O. The van der Waals surface area contributed by atoms with Crippen molar-refractivity contribution in [2.24, 2.45) is 5.92 Å². The highest BCUT2D eigenvalue weighted by atomic mass is 16.2. The Morgan fingerprint density at radius 1 is 0.913 bits per heavy atom. The third kappa shape index (κ3) is 5.26. The molecule has 2 fully saturated rings. The van der Waals surface area contributed by atoms with Crippen LogP contribution in [-0.2, 0) is 4.79 Å². The van der Waals surface area contributed by atoms with E-state index in [1.165, 1.54) is 17.7 Å². The predicted octanol–water partition coefficient (Wildman–Crippen LogP) is 4.50. The van der Waals surface area contributed by atoms with Crippen LogP contribution in [-0.4, -0.2) is 37.0 Å². The van der Waals surface area contributed by atoms with Crippen LogP contribution in [0.2, 0.25) is 0 Å². The molecule has 1 aromatic carbocycles. The van der Waals surface area contributed by atoms with E-state index in [1.54, 1.807) is 0 Å². The Hall–Kier alpha value is -1.51. The molecule has 0 atom stereocenters. The summed E-state index contributed by atoms with van der Waals surface area (Å²) in [4.78, 5) is 16.6. The molecule has 0 aromatic heterocycles. The first-order valence-corrected chi connectivity index (χ1v) is 9.34. The van der Waals surface area contributed by atoms with Crippen molar-refractivity contribution >= 4 is 11.6 Å². The monoisotopic (exact) mass is 318 g/mol. The summed E-state index contributed by atoms with van der Waals surface area (Å²) in [6.07, 6.45) is 3.45. The van der Waals surface area contributed by atoms with Crippen LogP contribution in [0, 0.1) is 12.8 Å². The SMILES string of the molecule is CC.CC.Cc1ccc(N2CCN(C(=O)C3CCC3)CC2)cc1. The molecule has 3 nitrogen and oxygen atoms in total. The van der Waals surface area contributed by atoms with Gasteiger partial charge in [0.05, 0.1) is 0 Å². The van der Waals surface area contributed by atoms with E-state index >= 15 is 0 Å². The van der Waals surface area contributed by atoms with Gasteiger partial charge in [-0.2, -0.15) is 0 Å². The maximum atomic E-state index is 12.2. The second-order valence-electron chi connectivity index (χ2n) is 5.78. The van der Waals surface area contributed by atoms with Gasteiger partial charge in [-0.15, -0.1) is 0 Å². The van der Waals surface area contributed by atoms with Gasteiger partial charge in [-0.1, -0.05) is 51.8 Å². The van der Waals surface area contributed by atoms with E-state index in [2.05, 4.69) is 41.0 Å². The number of carbonyl (C=O) groups is 1. The molecular weight excluding hydrogens is 284 g/mol. The number of aryl methyl sites for hydroxylation is 1. The average molecular weight is 319 g/mol. The number of piperazine rings is 1. The van der Waals surface area contributed by atoms with Gasteiger partial charge in [-0.05, 0) is 31.9 Å². The lowest BCUT2D eigenvalue weighted by molar-refractivity contribution is -0.138. The van der Waals surface area contributed by atoms with Gasteiger partial charge in [0.15, 0.2) is 0 Å². The van der Waals surface area contributed by atoms with Crippen molar-refractivity contribution in [3.05, 3.63) is 29.8 Å². The molecule has 0 spiro atoms. The molecule has 0 bridgehead atoms. The number of hydrogen-bond acceptors (Lipinski definition) is 2. The van der Waals surface area contributed by atoms with E-state index < -0.39 is 0 Å². The van der Waals surface area contributed by atoms with Gasteiger partial charge in [0.25, 0.3) is 0 Å². The fraction of sp³-hybridized carbons (Fsp3) is 0.650. The van der Waals surface area contributed by atoms with Gasteiger partial charge in [0, 0.05) is 37.8 Å². The Morgan fingerprint density at radius 3 is 1.87 bits per heavy atom. The summed E-state index contributed by atoms with van der Waals surface area (Å²) in [5.74, 6) is 0.737. The topological polar surface area (TPSA) is 23.6 Å². The highest BCUT2D eigenvalue weighted by Crippen LogP contribution is 2.29. The molecule has 3 rings (SSSR count). The zero-order valence-corrected chi connectivity index (χ0v) is 15.6. The van der Waals surface area contributed by atoms with Crippen LogP contribution in [0.25, 0.3) is 0 Å². The fourth-order valence-corrected chi connectivity index (χ4v) is 2.85. The maximum absolute atomic E-state index is 12.2. The van der Waals surface area contributed by atoms with E-state index in [9.17, 15) is 4.79 Å². The number of carbonyl (C=O) groups excluding carboxylic acids is 1. The lowest BCUT2D eigenvalue weighted by atomic mass is 9.84. The minimum absolute atomic E-state index is 0.339. The van der Waals surface area contributed by atoms with E-state index in [4.69, 9.17) is 0 Å². The van der Waals surface area contributed by atoms with Crippen molar-refractivity contribution in [3.8, 4) is 0 Å². The fourth-order valence-electron chi connectivity index (χ4n) is 2.85. The van der Waals surface area contributed by atoms with Crippen LogP contribution in [0.4, 0.5) is 5.69 Å². The van der Waals surface area contributed by atoms with E-state index in [1.807, 2.05) is 27.7 Å². The van der Waals surface area contributed by atoms with Gasteiger partial charge in [0.1, 0.15) is 0 Å². The van der Waals surface area contributed by atoms with E-state index in [0.29, 0.717) is 11.8 Å². The molecule has 1 aliphatic carbocycles. The second-order valence-corrected chi connectivity index (χ2v) is 5.78. The Balaban J connectivity index is 0.000000615. The average Bonchev–Trinajstić information content (AvgIpc) is 2.58. The normalized spacial score (nSPS) is 17.3. The Bertz CT molecular complexity index is 443. The highest BCUT2D eigenvalue weighted by Gasteiger charge is 2.31. The zero-order chi connectivity index (χ0) is 17.2. The molecule has 0 N–H and O–H groups in total. The third-order valence-electron chi connectivity index (χ3n) is 4.44. The molecule has 0 unspecified atom stereocenters. The zero-order valence-electron chi connectivity index (χ0n) is 15.6. The van der Waals surface area contributed by atoms with Crippen LogP contribution < -0.4 is 4.90 Å². The first-order chi connectivity index (χ1) is 11.2. The number of nitrogens with zero attached hydrogens (tertiary/aromatic N) is 2. The summed E-state index contributed by atoms with van der Waals surface area (Å²) < 4.78 is 0. The largest absolute Gasteiger partial charge is 0.368 e. The molecule has 0 radical (unpaired) electrons. The van der Waals surface area contributed by atoms with Gasteiger partial charge < -0.3 is 9.80 Å². The van der Waals surface area contributed by atoms with Crippen LogP contribution in [0.3, 0.4) is 0 Å². The van der Waals surface area contributed by atoms with Gasteiger partial charge >= 0.3 is 0 Å². The summed E-state index contributed by atoms with van der Waals surface area (Å²) in [6, 6.07) is 8.67. The van der Waals surface area contributed by atoms with Crippen LogP contribution in [0.5, 0.6) is 0 Å². The van der Waals surface area contributed by atoms with Gasteiger partial charge in [-0.3, -0.25) is 4.79 Å². The number of rotatable bonds is 2. The Morgan fingerprint density at radius 2 is 1.43 bits per heavy atom. The van der Waals surface area contributed by atoms with Crippen molar-refractivity contribution in [2.75, 3.05) is 31.1 Å². The summed E-state index contributed by atoms with van der Waals surface area (Å²) in [7, 11) is 0. The quantitative estimate of drug-likeness (QED) is 0.802. The highest BCUT2D eigenvalue weighted by molar-refractivity contribution is 5.79. The van der Waals surface area contributed by atoms with Crippen molar-refractivity contribution in [2.45, 2.75) is 53.9 Å². The second kappa shape index (κ2) is 10.3. The summed E-state index contributed by atoms with van der Waals surface area (Å²) in [6.45, 7) is 13.8. The first kappa shape index (κ1) is 19.5. The van der Waals surface area contributed by atoms with Crippen molar-refractivity contribution in [1.29, 1.82) is 0 Å². The molecule has 1 aromatic rings. The number of benzene rings is 1. The smallest absolute Gasteiger partial charge is 0.225 e. The molecule has 1 saturated carbocycles. The number of hydrogen-bond donors (Lipinski definition) is 0. The van der Waals surface area contributed by atoms with Gasteiger partial charge in [0.2, 0.25) is 5.91 Å². The molecule has 23 heavy (non-hydrogen) atoms. The van der Waals surface area contributed by atoms with Gasteiger partial charge in [-0.25, -0.2) is 0 Å². The molecule has 1 amide bonds. The molecule has 3 heteroatoms. The van der Waals surface area contributed by atoms with E-state index in [0.717, 1.165) is 39.0 Å². The Labute approximate surface area is 142 Å². The Kier molecular flexibility index (Phi) is 8.75. The van der Waals surface area contributed by atoms with Crippen molar-refractivity contribution in [3.63, 3.8) is 0 Å².